The number of hydrogen-bond donors (Lipinski definition) is 0. The van der Waals surface area contributed by atoms with Crippen molar-refractivity contribution in [2.24, 2.45) is 0 Å². The maximum absolute atomic E-state index is 12.7. The van der Waals surface area contributed by atoms with Crippen LogP contribution in [0.25, 0.3) is 27.0 Å². The lowest BCUT2D eigenvalue weighted by atomic mass is 10.0. The van der Waals surface area contributed by atoms with Crippen molar-refractivity contribution in [2.75, 3.05) is 6.61 Å². The van der Waals surface area contributed by atoms with Gasteiger partial charge in [0.25, 0.3) is 5.56 Å². The predicted molar refractivity (Wildman–Crippen MR) is 114 cm³/mol. The molecule has 4 aromatic rings. The molecule has 0 saturated heterocycles. The van der Waals surface area contributed by atoms with Crippen LogP contribution in [0.1, 0.15) is 16.6 Å². The number of benzene rings is 2. The summed E-state index contributed by atoms with van der Waals surface area (Å²) in [4.78, 5) is 26.5. The Balaban J connectivity index is 2.07. The maximum atomic E-state index is 12.7. The van der Waals surface area contributed by atoms with Crippen LogP contribution < -0.4 is 5.56 Å². The normalized spacial score (nSPS) is 10.9. The van der Waals surface area contributed by atoms with Crippen LogP contribution >= 0.6 is 22.9 Å². The van der Waals surface area contributed by atoms with E-state index < -0.39 is 5.97 Å². The molecule has 0 spiro atoms. The van der Waals surface area contributed by atoms with Crippen LogP contribution in [-0.2, 0) is 4.74 Å². The molecule has 0 unspecified atom stereocenters. The number of thiophene rings is 1. The van der Waals surface area contributed by atoms with Crippen molar-refractivity contribution in [1.29, 1.82) is 0 Å². The number of halogens is 1. The molecular weight excluding hydrogens is 394 g/mol. The van der Waals surface area contributed by atoms with E-state index in [2.05, 4.69) is 0 Å². The minimum Gasteiger partial charge on any atom is -0.462 e. The highest BCUT2D eigenvalue weighted by Gasteiger charge is 2.23. The van der Waals surface area contributed by atoms with Gasteiger partial charge < -0.3 is 4.74 Å². The summed E-state index contributed by atoms with van der Waals surface area (Å²) in [6.45, 7) is 2.05. The number of ether oxygens (including phenoxy) is 1. The Morgan fingerprint density at radius 1 is 1.04 bits per heavy atom. The molecule has 0 radical (unpaired) electrons. The van der Waals surface area contributed by atoms with Crippen LogP contribution in [0, 0.1) is 0 Å². The molecule has 0 saturated carbocycles. The molecule has 0 aliphatic rings. The van der Waals surface area contributed by atoms with Crippen molar-refractivity contribution in [2.45, 2.75) is 6.92 Å². The monoisotopic (exact) mass is 409 g/mol. The molecular formula is C22H16ClNO3S. The molecule has 0 aliphatic carbocycles. The third kappa shape index (κ3) is 3.23. The van der Waals surface area contributed by atoms with Crippen LogP contribution in [0.15, 0.2) is 71.5 Å². The van der Waals surface area contributed by atoms with Gasteiger partial charge in [-0.05, 0) is 42.8 Å². The zero-order valence-electron chi connectivity index (χ0n) is 15.0. The van der Waals surface area contributed by atoms with Crippen LogP contribution in [0.3, 0.4) is 0 Å². The van der Waals surface area contributed by atoms with Crippen molar-refractivity contribution < 1.29 is 9.53 Å². The Morgan fingerprint density at radius 3 is 2.43 bits per heavy atom. The first-order valence-corrected chi connectivity index (χ1v) is 9.96. The van der Waals surface area contributed by atoms with Crippen LogP contribution in [0.2, 0.25) is 5.02 Å². The Kier molecular flexibility index (Phi) is 5.03. The van der Waals surface area contributed by atoms with E-state index in [0.717, 1.165) is 22.2 Å². The van der Waals surface area contributed by atoms with Crippen LogP contribution in [-0.4, -0.2) is 17.1 Å². The Bertz CT molecular complexity index is 1210. The van der Waals surface area contributed by atoms with Crippen molar-refractivity contribution in [3.05, 3.63) is 87.0 Å². The van der Waals surface area contributed by atoms with Gasteiger partial charge in [0, 0.05) is 22.0 Å². The average Bonchev–Trinajstić information content (AvgIpc) is 3.09. The Morgan fingerprint density at radius 2 is 1.75 bits per heavy atom. The number of aromatic nitrogens is 1. The number of pyridine rings is 1. The fraction of sp³-hybridized carbons (Fsp3) is 0.0909. The highest BCUT2D eigenvalue weighted by Crippen LogP contribution is 2.39. The molecule has 2 heterocycles. The highest BCUT2D eigenvalue weighted by atomic mass is 35.5. The lowest BCUT2D eigenvalue weighted by Crippen LogP contribution is -2.16. The molecule has 0 amide bonds. The number of carbonyl (C=O) groups is 1. The van der Waals surface area contributed by atoms with Gasteiger partial charge in [0.05, 0.1) is 12.3 Å². The fourth-order valence-electron chi connectivity index (χ4n) is 3.15. The molecule has 4 rings (SSSR count). The predicted octanol–water partition coefficient (Wildman–Crippen LogP) is 5.55. The second-order valence-electron chi connectivity index (χ2n) is 6.09. The zero-order valence-corrected chi connectivity index (χ0v) is 16.6. The first kappa shape index (κ1) is 18.5. The average molecular weight is 410 g/mol. The number of hydrogen-bond acceptors (Lipinski definition) is 4. The number of rotatable bonds is 4. The lowest BCUT2D eigenvalue weighted by molar-refractivity contribution is 0.0533. The van der Waals surface area contributed by atoms with E-state index in [1.54, 1.807) is 29.7 Å². The summed E-state index contributed by atoms with van der Waals surface area (Å²) in [5.41, 5.74) is 2.19. The quantitative estimate of drug-likeness (QED) is 0.415. The summed E-state index contributed by atoms with van der Waals surface area (Å²) in [5.74, 6) is -0.402. The molecule has 0 atom stereocenters. The van der Waals surface area contributed by atoms with Gasteiger partial charge in [-0.3, -0.25) is 9.36 Å². The molecule has 0 fully saturated rings. The molecule has 6 heteroatoms. The summed E-state index contributed by atoms with van der Waals surface area (Å²) < 4.78 is 6.90. The largest absolute Gasteiger partial charge is 0.462 e. The Labute approximate surface area is 170 Å². The number of carbonyl (C=O) groups excluding carboxylic acids is 1. The van der Waals surface area contributed by atoms with Gasteiger partial charge in [0.2, 0.25) is 0 Å². The molecule has 0 bridgehead atoms. The number of para-hydroxylation sites is 1. The van der Waals surface area contributed by atoms with Crippen molar-refractivity contribution in [3.63, 3.8) is 0 Å². The second kappa shape index (κ2) is 7.62. The highest BCUT2D eigenvalue weighted by molar-refractivity contribution is 7.21. The third-order valence-electron chi connectivity index (χ3n) is 4.35. The SMILES string of the molecule is CCOC(=O)c1sc2c(ccc(=O)n2-c2ccccc2)c1-c1ccc(Cl)cc1. The first-order chi connectivity index (χ1) is 13.6. The summed E-state index contributed by atoms with van der Waals surface area (Å²) in [5, 5.41) is 1.43. The van der Waals surface area contributed by atoms with E-state index in [1.165, 1.54) is 17.4 Å². The minimum atomic E-state index is -0.402. The van der Waals surface area contributed by atoms with E-state index in [1.807, 2.05) is 42.5 Å². The molecule has 28 heavy (non-hydrogen) atoms. The fourth-order valence-corrected chi connectivity index (χ4v) is 4.51. The van der Waals surface area contributed by atoms with E-state index in [9.17, 15) is 9.59 Å². The molecule has 4 nitrogen and oxygen atoms in total. The van der Waals surface area contributed by atoms with E-state index in [-0.39, 0.29) is 12.2 Å². The number of nitrogens with zero attached hydrogens (tertiary/aromatic N) is 1. The zero-order chi connectivity index (χ0) is 19.7. The van der Waals surface area contributed by atoms with Gasteiger partial charge in [0.1, 0.15) is 9.71 Å². The van der Waals surface area contributed by atoms with Crippen LogP contribution in [0.5, 0.6) is 0 Å². The molecule has 0 aliphatic heterocycles. The summed E-state index contributed by atoms with van der Waals surface area (Å²) in [6.07, 6.45) is 0. The first-order valence-electron chi connectivity index (χ1n) is 8.77. The number of fused-ring (bicyclic) bond motifs is 1. The lowest BCUT2D eigenvalue weighted by Gasteiger charge is -2.08. The molecule has 0 N–H and O–H groups in total. The summed E-state index contributed by atoms with van der Waals surface area (Å²) in [6, 6.07) is 20.0. The maximum Gasteiger partial charge on any atom is 0.349 e. The van der Waals surface area contributed by atoms with Crippen LogP contribution in [0.4, 0.5) is 0 Å². The van der Waals surface area contributed by atoms with Gasteiger partial charge >= 0.3 is 5.97 Å². The van der Waals surface area contributed by atoms with E-state index in [0.29, 0.717) is 14.7 Å². The summed E-state index contributed by atoms with van der Waals surface area (Å²) in [7, 11) is 0. The minimum absolute atomic E-state index is 0.155. The van der Waals surface area contributed by atoms with E-state index in [4.69, 9.17) is 16.3 Å². The molecule has 2 aromatic carbocycles. The van der Waals surface area contributed by atoms with Gasteiger partial charge in [-0.1, -0.05) is 41.9 Å². The Hall–Kier alpha value is -2.89. The second-order valence-corrected chi connectivity index (χ2v) is 7.53. The topological polar surface area (TPSA) is 48.3 Å². The van der Waals surface area contributed by atoms with Crippen molar-refractivity contribution >= 4 is 39.1 Å². The summed E-state index contributed by atoms with van der Waals surface area (Å²) >= 11 is 7.30. The third-order valence-corrected chi connectivity index (χ3v) is 5.77. The van der Waals surface area contributed by atoms with Gasteiger partial charge in [-0.15, -0.1) is 11.3 Å². The van der Waals surface area contributed by atoms with E-state index >= 15 is 0 Å². The van der Waals surface area contributed by atoms with Crippen molar-refractivity contribution in [3.8, 4) is 16.8 Å². The number of esters is 1. The molecule has 2 aromatic heterocycles. The van der Waals surface area contributed by atoms with Gasteiger partial charge in [-0.25, -0.2) is 4.79 Å². The molecule has 140 valence electrons. The van der Waals surface area contributed by atoms with Gasteiger partial charge in [0.15, 0.2) is 0 Å². The smallest absolute Gasteiger partial charge is 0.349 e. The standard InChI is InChI=1S/C22H16ClNO3S/c1-2-27-22(26)20-19(14-8-10-15(23)11-9-14)17-12-13-18(25)24(21(17)28-20)16-6-4-3-5-7-16/h3-13H,2H2,1H3. The van der Waals surface area contributed by atoms with Crippen molar-refractivity contribution in [1.82, 2.24) is 4.57 Å². The van der Waals surface area contributed by atoms with Gasteiger partial charge in [-0.2, -0.15) is 0 Å².